The quantitative estimate of drug-likeness (QED) is 0.903. The molecule has 102 valence electrons. The summed E-state index contributed by atoms with van der Waals surface area (Å²) in [7, 11) is 0. The van der Waals surface area contributed by atoms with E-state index >= 15 is 0 Å². The second kappa shape index (κ2) is 5.61. The standard InChI is InChI=1S/C15H20N2O2/c18-15-6-3-8-17(15)14-5-2-1-4-13(14)16-10-12-7-9-19-11-12/h1-2,4-5,12,16H,3,6-11H2. The zero-order valence-electron chi connectivity index (χ0n) is 11.1. The van der Waals surface area contributed by atoms with E-state index in [4.69, 9.17) is 4.74 Å². The first-order valence-electron chi connectivity index (χ1n) is 7.05. The third-order valence-electron chi connectivity index (χ3n) is 3.87. The van der Waals surface area contributed by atoms with E-state index < -0.39 is 0 Å². The molecule has 2 aliphatic rings. The molecule has 0 bridgehead atoms. The van der Waals surface area contributed by atoms with Crippen molar-refractivity contribution in [3.8, 4) is 0 Å². The Labute approximate surface area is 113 Å². The van der Waals surface area contributed by atoms with Gasteiger partial charge in [0, 0.05) is 32.0 Å². The molecule has 1 amide bonds. The summed E-state index contributed by atoms with van der Waals surface area (Å²) in [4.78, 5) is 13.8. The van der Waals surface area contributed by atoms with Crippen LogP contribution in [0.4, 0.5) is 11.4 Å². The number of anilines is 2. The fourth-order valence-electron chi connectivity index (χ4n) is 2.76. The van der Waals surface area contributed by atoms with E-state index in [9.17, 15) is 4.79 Å². The fraction of sp³-hybridized carbons (Fsp3) is 0.533. The summed E-state index contributed by atoms with van der Waals surface area (Å²) in [5, 5.41) is 3.48. The van der Waals surface area contributed by atoms with Crippen LogP contribution in [0, 0.1) is 5.92 Å². The van der Waals surface area contributed by atoms with E-state index in [1.807, 2.05) is 23.1 Å². The number of carbonyl (C=O) groups excluding carboxylic acids is 1. The topological polar surface area (TPSA) is 41.6 Å². The minimum absolute atomic E-state index is 0.235. The zero-order chi connectivity index (χ0) is 13.1. The van der Waals surface area contributed by atoms with E-state index in [1.54, 1.807) is 0 Å². The number of para-hydroxylation sites is 2. The molecule has 1 N–H and O–H groups in total. The van der Waals surface area contributed by atoms with Crippen LogP contribution in [0.3, 0.4) is 0 Å². The molecule has 2 fully saturated rings. The molecule has 0 aliphatic carbocycles. The number of amides is 1. The van der Waals surface area contributed by atoms with Crippen molar-refractivity contribution >= 4 is 17.3 Å². The van der Waals surface area contributed by atoms with Crippen LogP contribution in [0.15, 0.2) is 24.3 Å². The minimum atomic E-state index is 0.235. The van der Waals surface area contributed by atoms with E-state index in [2.05, 4.69) is 11.4 Å². The number of ether oxygens (including phenoxy) is 1. The Bertz CT molecular complexity index is 455. The Hall–Kier alpha value is -1.55. The highest BCUT2D eigenvalue weighted by Gasteiger charge is 2.24. The van der Waals surface area contributed by atoms with Crippen molar-refractivity contribution in [2.24, 2.45) is 5.92 Å². The highest BCUT2D eigenvalue weighted by Crippen LogP contribution is 2.29. The van der Waals surface area contributed by atoms with Crippen molar-refractivity contribution in [3.05, 3.63) is 24.3 Å². The minimum Gasteiger partial charge on any atom is -0.383 e. The summed E-state index contributed by atoms with van der Waals surface area (Å²) < 4.78 is 5.39. The molecule has 3 rings (SSSR count). The third kappa shape index (κ3) is 2.73. The maximum Gasteiger partial charge on any atom is 0.227 e. The lowest BCUT2D eigenvalue weighted by Gasteiger charge is -2.21. The van der Waals surface area contributed by atoms with Gasteiger partial charge in [0.1, 0.15) is 0 Å². The van der Waals surface area contributed by atoms with Crippen molar-refractivity contribution in [1.29, 1.82) is 0 Å². The largest absolute Gasteiger partial charge is 0.383 e. The highest BCUT2D eigenvalue weighted by atomic mass is 16.5. The molecule has 1 aromatic carbocycles. The molecule has 2 saturated heterocycles. The molecular formula is C15H20N2O2. The third-order valence-corrected chi connectivity index (χ3v) is 3.87. The van der Waals surface area contributed by atoms with Gasteiger partial charge in [-0.2, -0.15) is 0 Å². The SMILES string of the molecule is O=C1CCCN1c1ccccc1NCC1CCOC1. The van der Waals surface area contributed by atoms with Gasteiger partial charge in [-0.3, -0.25) is 4.79 Å². The number of hydrogen-bond donors (Lipinski definition) is 1. The summed E-state index contributed by atoms with van der Waals surface area (Å²) in [6.45, 7) is 3.47. The maximum absolute atomic E-state index is 11.9. The van der Waals surface area contributed by atoms with Crippen molar-refractivity contribution in [2.45, 2.75) is 19.3 Å². The van der Waals surface area contributed by atoms with Crippen molar-refractivity contribution in [1.82, 2.24) is 0 Å². The van der Waals surface area contributed by atoms with Gasteiger partial charge in [-0.05, 0) is 25.0 Å². The lowest BCUT2D eigenvalue weighted by atomic mass is 10.1. The molecule has 0 radical (unpaired) electrons. The van der Waals surface area contributed by atoms with E-state index in [1.165, 1.54) is 0 Å². The van der Waals surface area contributed by atoms with Gasteiger partial charge in [0.05, 0.1) is 18.0 Å². The molecule has 0 saturated carbocycles. The monoisotopic (exact) mass is 260 g/mol. The zero-order valence-corrected chi connectivity index (χ0v) is 11.1. The number of carbonyl (C=O) groups is 1. The Morgan fingerprint density at radius 3 is 3.00 bits per heavy atom. The summed E-state index contributed by atoms with van der Waals surface area (Å²) in [5.74, 6) is 0.820. The Kier molecular flexibility index (Phi) is 3.69. The molecule has 4 heteroatoms. The molecule has 2 heterocycles. The highest BCUT2D eigenvalue weighted by molar-refractivity contribution is 5.98. The number of rotatable bonds is 4. The van der Waals surface area contributed by atoms with Crippen molar-refractivity contribution in [3.63, 3.8) is 0 Å². The molecule has 4 nitrogen and oxygen atoms in total. The molecule has 19 heavy (non-hydrogen) atoms. The molecule has 0 spiro atoms. The average Bonchev–Trinajstić information content (AvgIpc) is 3.08. The van der Waals surface area contributed by atoms with E-state index in [0.29, 0.717) is 12.3 Å². The van der Waals surface area contributed by atoms with Crippen LogP contribution >= 0.6 is 0 Å². The van der Waals surface area contributed by atoms with Gasteiger partial charge in [-0.25, -0.2) is 0 Å². The Balaban J connectivity index is 1.71. The molecule has 1 aromatic rings. The van der Waals surface area contributed by atoms with Gasteiger partial charge in [-0.1, -0.05) is 12.1 Å². The van der Waals surface area contributed by atoms with Crippen LogP contribution < -0.4 is 10.2 Å². The summed E-state index contributed by atoms with van der Waals surface area (Å²) in [5.41, 5.74) is 2.08. The van der Waals surface area contributed by atoms with Gasteiger partial charge < -0.3 is 15.0 Å². The fourth-order valence-corrected chi connectivity index (χ4v) is 2.76. The molecular weight excluding hydrogens is 240 g/mol. The second-order valence-electron chi connectivity index (χ2n) is 5.28. The number of hydrogen-bond acceptors (Lipinski definition) is 3. The van der Waals surface area contributed by atoms with Gasteiger partial charge in [-0.15, -0.1) is 0 Å². The lowest BCUT2D eigenvalue weighted by molar-refractivity contribution is -0.117. The summed E-state index contributed by atoms with van der Waals surface area (Å²) >= 11 is 0. The number of benzene rings is 1. The first-order chi connectivity index (χ1) is 9.34. The molecule has 1 unspecified atom stereocenters. The van der Waals surface area contributed by atoms with Gasteiger partial charge >= 0.3 is 0 Å². The molecule has 2 aliphatic heterocycles. The predicted molar refractivity (Wildman–Crippen MR) is 75.4 cm³/mol. The van der Waals surface area contributed by atoms with Crippen molar-refractivity contribution in [2.75, 3.05) is 36.5 Å². The van der Waals surface area contributed by atoms with Gasteiger partial charge in [0.2, 0.25) is 5.91 Å². The summed E-state index contributed by atoms with van der Waals surface area (Å²) in [6.07, 6.45) is 2.76. The van der Waals surface area contributed by atoms with Crippen LogP contribution in [-0.2, 0) is 9.53 Å². The van der Waals surface area contributed by atoms with Crippen LogP contribution in [-0.4, -0.2) is 32.2 Å². The number of nitrogens with one attached hydrogen (secondary N) is 1. The maximum atomic E-state index is 11.9. The van der Waals surface area contributed by atoms with Crippen molar-refractivity contribution < 1.29 is 9.53 Å². The van der Waals surface area contributed by atoms with Crippen LogP contribution in [0.25, 0.3) is 0 Å². The number of nitrogens with zero attached hydrogens (tertiary/aromatic N) is 1. The summed E-state index contributed by atoms with van der Waals surface area (Å²) in [6, 6.07) is 8.08. The van der Waals surface area contributed by atoms with E-state index in [0.717, 1.165) is 50.5 Å². The average molecular weight is 260 g/mol. The van der Waals surface area contributed by atoms with E-state index in [-0.39, 0.29) is 5.91 Å². The first-order valence-corrected chi connectivity index (χ1v) is 7.05. The Morgan fingerprint density at radius 2 is 2.26 bits per heavy atom. The predicted octanol–water partition coefficient (Wildman–Crippen LogP) is 2.26. The lowest BCUT2D eigenvalue weighted by Crippen LogP contribution is -2.25. The van der Waals surface area contributed by atoms with Crippen LogP contribution in [0.5, 0.6) is 0 Å². The normalized spacial score (nSPS) is 23.1. The second-order valence-corrected chi connectivity index (χ2v) is 5.28. The smallest absolute Gasteiger partial charge is 0.227 e. The van der Waals surface area contributed by atoms with Gasteiger partial charge in [0.15, 0.2) is 0 Å². The molecule has 1 atom stereocenters. The Morgan fingerprint density at radius 1 is 1.37 bits per heavy atom. The molecule has 0 aromatic heterocycles. The van der Waals surface area contributed by atoms with Crippen LogP contribution in [0.2, 0.25) is 0 Å². The van der Waals surface area contributed by atoms with Gasteiger partial charge in [0.25, 0.3) is 0 Å². The van der Waals surface area contributed by atoms with Crippen LogP contribution in [0.1, 0.15) is 19.3 Å². The first kappa shape index (κ1) is 12.5.